The van der Waals surface area contributed by atoms with Crippen LogP contribution in [0.3, 0.4) is 0 Å². The molecule has 1 fully saturated rings. The van der Waals surface area contributed by atoms with Crippen molar-refractivity contribution in [3.8, 4) is 0 Å². The lowest BCUT2D eigenvalue weighted by atomic mass is 9.96. The second-order valence-electron chi connectivity index (χ2n) is 6.38. The average molecular weight is 367 g/mol. The maximum absolute atomic E-state index is 12.6. The molecule has 4 nitrogen and oxygen atoms in total. The fourth-order valence-corrected chi connectivity index (χ4v) is 4.17. The first-order valence-corrected chi connectivity index (χ1v) is 8.92. The fourth-order valence-electron chi connectivity index (χ4n) is 3.28. The molecule has 4 heterocycles. The zero-order valence-corrected chi connectivity index (χ0v) is 14.1. The summed E-state index contributed by atoms with van der Waals surface area (Å²) in [4.78, 5) is 21.2. The third kappa shape index (κ3) is 3.10. The quantitative estimate of drug-likeness (QED) is 0.818. The van der Waals surface area contributed by atoms with Crippen molar-refractivity contribution in [3.63, 3.8) is 0 Å². The Kier molecular flexibility index (Phi) is 3.94. The van der Waals surface area contributed by atoms with E-state index < -0.39 is 11.9 Å². The van der Waals surface area contributed by atoms with E-state index in [9.17, 15) is 18.0 Å². The number of aromatic nitrogens is 1. The number of carbonyl (C=O) groups is 1. The van der Waals surface area contributed by atoms with Crippen molar-refractivity contribution < 1.29 is 18.0 Å². The number of alkyl halides is 3. The molecule has 0 radical (unpaired) electrons. The predicted molar refractivity (Wildman–Crippen MR) is 88.4 cm³/mol. The van der Waals surface area contributed by atoms with Gasteiger partial charge in [-0.15, -0.1) is 11.3 Å². The Bertz CT molecular complexity index is 781. The minimum absolute atomic E-state index is 0.0949. The first kappa shape index (κ1) is 16.4. The average Bonchev–Trinajstić information content (AvgIpc) is 3.00. The van der Waals surface area contributed by atoms with Gasteiger partial charge in [0.2, 0.25) is 5.91 Å². The molecule has 2 aromatic rings. The molecule has 25 heavy (non-hydrogen) atoms. The topological polar surface area (TPSA) is 36.4 Å². The van der Waals surface area contributed by atoms with Crippen molar-refractivity contribution in [2.45, 2.75) is 19.1 Å². The molecule has 2 aliphatic rings. The molecule has 2 aliphatic heterocycles. The number of rotatable bonds is 2. The Morgan fingerprint density at radius 2 is 2.04 bits per heavy atom. The summed E-state index contributed by atoms with van der Waals surface area (Å²) in [7, 11) is 0. The summed E-state index contributed by atoms with van der Waals surface area (Å²) in [6, 6.07) is 4.46. The third-order valence-electron chi connectivity index (χ3n) is 4.75. The Balaban J connectivity index is 1.35. The Morgan fingerprint density at radius 1 is 1.24 bits per heavy atom. The van der Waals surface area contributed by atoms with Crippen molar-refractivity contribution >= 4 is 22.9 Å². The first-order valence-electron chi connectivity index (χ1n) is 8.04. The normalized spacial score (nSPS) is 18.0. The van der Waals surface area contributed by atoms with Crippen LogP contribution in [0.2, 0.25) is 0 Å². The molecule has 0 aromatic carbocycles. The first-order chi connectivity index (χ1) is 11.9. The largest absolute Gasteiger partial charge is 0.433 e. The van der Waals surface area contributed by atoms with Crippen LogP contribution in [0, 0.1) is 5.92 Å². The zero-order chi connectivity index (χ0) is 17.6. The van der Waals surface area contributed by atoms with Crippen LogP contribution >= 0.6 is 11.3 Å². The number of fused-ring (bicyclic) bond motifs is 1. The Labute approximate surface area is 146 Å². The number of hydrogen-bond donors (Lipinski definition) is 0. The molecule has 132 valence electrons. The van der Waals surface area contributed by atoms with Gasteiger partial charge in [-0.3, -0.25) is 4.79 Å². The Hall–Kier alpha value is -2.09. The Morgan fingerprint density at radius 3 is 2.72 bits per heavy atom. The van der Waals surface area contributed by atoms with Crippen LogP contribution in [-0.4, -0.2) is 35.4 Å². The number of pyridine rings is 1. The number of carbonyl (C=O) groups excluding carboxylic acids is 1. The van der Waals surface area contributed by atoms with Gasteiger partial charge in [0, 0.05) is 31.1 Å². The minimum atomic E-state index is -4.43. The van der Waals surface area contributed by atoms with Gasteiger partial charge in [0.25, 0.3) is 0 Å². The van der Waals surface area contributed by atoms with E-state index in [0.717, 1.165) is 19.0 Å². The van der Waals surface area contributed by atoms with Gasteiger partial charge in [-0.1, -0.05) is 0 Å². The molecule has 0 atom stereocenters. The molecule has 8 heteroatoms. The predicted octanol–water partition coefficient (Wildman–Crippen LogP) is 3.18. The molecule has 0 aliphatic carbocycles. The van der Waals surface area contributed by atoms with Crippen LogP contribution in [0.5, 0.6) is 0 Å². The van der Waals surface area contributed by atoms with Crippen LogP contribution in [-0.2, 0) is 23.9 Å². The molecule has 1 saturated heterocycles. The lowest BCUT2D eigenvalue weighted by Crippen LogP contribution is -2.55. The SMILES string of the molecule is O=C(C1CN(c2ccc(C(F)(F)F)nc2)C1)N1CCc2sccc2C1. The minimum Gasteiger partial charge on any atom is -0.369 e. The van der Waals surface area contributed by atoms with E-state index in [1.54, 1.807) is 11.3 Å². The van der Waals surface area contributed by atoms with Gasteiger partial charge in [0.1, 0.15) is 5.69 Å². The number of amides is 1. The smallest absolute Gasteiger partial charge is 0.369 e. The van der Waals surface area contributed by atoms with Crippen molar-refractivity contribution in [2.24, 2.45) is 5.92 Å². The van der Waals surface area contributed by atoms with Gasteiger partial charge < -0.3 is 9.80 Å². The second-order valence-corrected chi connectivity index (χ2v) is 7.38. The van der Waals surface area contributed by atoms with Crippen molar-refractivity contribution in [1.82, 2.24) is 9.88 Å². The summed E-state index contributed by atoms with van der Waals surface area (Å²) in [5, 5.41) is 2.06. The fraction of sp³-hybridized carbons (Fsp3) is 0.412. The summed E-state index contributed by atoms with van der Waals surface area (Å²) in [5.41, 5.74) is 0.952. The molecule has 0 unspecified atom stereocenters. The van der Waals surface area contributed by atoms with Gasteiger partial charge in [-0.25, -0.2) is 4.98 Å². The lowest BCUT2D eigenvalue weighted by Gasteiger charge is -2.42. The van der Waals surface area contributed by atoms with E-state index in [0.29, 0.717) is 25.3 Å². The third-order valence-corrected chi connectivity index (χ3v) is 5.78. The van der Waals surface area contributed by atoms with Crippen LogP contribution in [0.1, 0.15) is 16.1 Å². The van der Waals surface area contributed by atoms with Gasteiger partial charge >= 0.3 is 6.18 Å². The molecule has 0 saturated carbocycles. The number of nitrogens with zero attached hydrogens (tertiary/aromatic N) is 3. The summed E-state index contributed by atoms with van der Waals surface area (Å²) in [5.74, 6) is 0.0375. The van der Waals surface area contributed by atoms with E-state index >= 15 is 0 Å². The highest BCUT2D eigenvalue weighted by Gasteiger charge is 2.37. The van der Waals surface area contributed by atoms with Crippen LogP contribution in [0.25, 0.3) is 0 Å². The van der Waals surface area contributed by atoms with Gasteiger partial charge in [-0.05, 0) is 35.6 Å². The van der Waals surface area contributed by atoms with Gasteiger partial charge in [-0.2, -0.15) is 13.2 Å². The lowest BCUT2D eigenvalue weighted by molar-refractivity contribution is -0.141. The number of anilines is 1. The second kappa shape index (κ2) is 6.01. The maximum Gasteiger partial charge on any atom is 0.433 e. The van der Waals surface area contributed by atoms with Crippen molar-refractivity contribution in [1.29, 1.82) is 0 Å². The molecule has 1 amide bonds. The summed E-state index contributed by atoms with van der Waals surface area (Å²) >= 11 is 1.73. The van der Waals surface area contributed by atoms with E-state index in [1.165, 1.54) is 22.7 Å². The van der Waals surface area contributed by atoms with Gasteiger partial charge in [0.05, 0.1) is 17.8 Å². The van der Waals surface area contributed by atoms with Gasteiger partial charge in [0.15, 0.2) is 0 Å². The van der Waals surface area contributed by atoms with E-state index in [4.69, 9.17) is 0 Å². The van der Waals surface area contributed by atoms with Crippen LogP contribution in [0.15, 0.2) is 29.8 Å². The highest BCUT2D eigenvalue weighted by atomic mass is 32.1. The summed E-state index contributed by atoms with van der Waals surface area (Å²) in [6.45, 7) is 2.46. The van der Waals surface area contributed by atoms with E-state index in [1.807, 2.05) is 9.80 Å². The maximum atomic E-state index is 12.6. The van der Waals surface area contributed by atoms with E-state index in [2.05, 4.69) is 16.4 Å². The standard InChI is InChI=1S/C17H16F3N3OS/c18-17(19,20)15-2-1-13(7-21-15)23-9-12(10-23)16(24)22-5-3-14-11(8-22)4-6-25-14/h1-2,4,6-7,12H,3,5,8-10H2. The van der Waals surface area contributed by atoms with Crippen LogP contribution < -0.4 is 4.90 Å². The highest BCUT2D eigenvalue weighted by molar-refractivity contribution is 7.10. The monoisotopic (exact) mass is 367 g/mol. The number of hydrogen-bond acceptors (Lipinski definition) is 4. The van der Waals surface area contributed by atoms with Crippen molar-refractivity contribution in [2.75, 3.05) is 24.5 Å². The highest BCUT2D eigenvalue weighted by Crippen LogP contribution is 2.31. The zero-order valence-electron chi connectivity index (χ0n) is 13.3. The summed E-state index contributed by atoms with van der Waals surface area (Å²) in [6.07, 6.45) is -2.30. The molecule has 2 aromatic heterocycles. The molecule has 0 spiro atoms. The molecule has 4 rings (SSSR count). The summed E-state index contributed by atoms with van der Waals surface area (Å²) < 4.78 is 37.6. The molecular weight excluding hydrogens is 351 g/mol. The van der Waals surface area contributed by atoms with Crippen molar-refractivity contribution in [3.05, 3.63) is 45.9 Å². The molecule has 0 N–H and O–H groups in total. The number of thiophene rings is 1. The number of halogens is 3. The van der Waals surface area contributed by atoms with Crippen LogP contribution in [0.4, 0.5) is 18.9 Å². The molecule has 0 bridgehead atoms. The van der Waals surface area contributed by atoms with E-state index in [-0.39, 0.29) is 11.8 Å². The molecular formula is C17H16F3N3OS.